The molecule has 0 aromatic heterocycles. The summed E-state index contributed by atoms with van der Waals surface area (Å²) in [6.45, 7) is 2.07. The molecule has 0 fully saturated rings. The van der Waals surface area contributed by atoms with Crippen LogP contribution in [0.25, 0.3) is 0 Å². The fraction of sp³-hybridized carbons (Fsp3) is 0.250. The van der Waals surface area contributed by atoms with Crippen LogP contribution < -0.4 is 5.19 Å². The Labute approximate surface area is 68.0 Å². The molecule has 0 saturated carbocycles. The summed E-state index contributed by atoms with van der Waals surface area (Å²) in [5.74, 6) is 0. The smallest absolute Gasteiger partial charge is 0.350 e. The van der Waals surface area contributed by atoms with E-state index in [2.05, 4.69) is 6.92 Å². The van der Waals surface area contributed by atoms with Gasteiger partial charge < -0.3 is 9.59 Å². The first-order valence-electron chi connectivity index (χ1n) is 3.69. The van der Waals surface area contributed by atoms with E-state index in [1.807, 2.05) is 12.1 Å². The van der Waals surface area contributed by atoms with Crippen LogP contribution in [-0.4, -0.2) is 18.9 Å². The summed E-state index contributed by atoms with van der Waals surface area (Å²) in [6, 6.07) is 7.44. The molecule has 60 valence electrons. The highest BCUT2D eigenvalue weighted by atomic mass is 28.3. The summed E-state index contributed by atoms with van der Waals surface area (Å²) in [5.41, 5.74) is 1.23. The monoisotopic (exact) mass is 168 g/mol. The molecule has 1 rings (SSSR count). The lowest BCUT2D eigenvalue weighted by Crippen LogP contribution is -2.29. The highest BCUT2D eigenvalue weighted by Gasteiger charge is 2.04. The predicted octanol–water partition coefficient (Wildman–Crippen LogP) is -0.339. The first kappa shape index (κ1) is 8.45. The molecule has 0 saturated heterocycles. The second-order valence-corrected chi connectivity index (χ2v) is 3.88. The lowest BCUT2D eigenvalue weighted by atomic mass is 10.2. The maximum atomic E-state index is 8.88. The van der Waals surface area contributed by atoms with Gasteiger partial charge in [0.25, 0.3) is 0 Å². The Morgan fingerprint density at radius 3 is 2.09 bits per heavy atom. The van der Waals surface area contributed by atoms with Gasteiger partial charge in [-0.3, -0.25) is 0 Å². The van der Waals surface area contributed by atoms with Gasteiger partial charge in [0, 0.05) is 0 Å². The molecule has 1 aromatic carbocycles. The number of benzene rings is 1. The van der Waals surface area contributed by atoms with Gasteiger partial charge in [0.15, 0.2) is 0 Å². The van der Waals surface area contributed by atoms with Crippen LogP contribution >= 0.6 is 0 Å². The van der Waals surface area contributed by atoms with Crippen LogP contribution in [0.15, 0.2) is 24.3 Å². The third-order valence-corrected chi connectivity index (χ3v) is 2.67. The van der Waals surface area contributed by atoms with E-state index in [-0.39, 0.29) is 0 Å². The molecule has 0 radical (unpaired) electrons. The first-order valence-corrected chi connectivity index (χ1v) is 5.30. The van der Waals surface area contributed by atoms with Gasteiger partial charge in [-0.2, -0.15) is 0 Å². The van der Waals surface area contributed by atoms with Crippen molar-refractivity contribution >= 4 is 14.5 Å². The van der Waals surface area contributed by atoms with Gasteiger partial charge in [0.05, 0.1) is 0 Å². The van der Waals surface area contributed by atoms with Crippen molar-refractivity contribution in [2.75, 3.05) is 0 Å². The highest BCUT2D eigenvalue weighted by molar-refractivity contribution is 6.58. The molecular formula is C8H12O2Si. The standard InChI is InChI=1S/C8H12O2Si/c1-2-7-3-5-8(6-4-7)11(9)10/h3-6,9-11H,2H2,1H3. The van der Waals surface area contributed by atoms with Crippen LogP contribution in [0.1, 0.15) is 12.5 Å². The van der Waals surface area contributed by atoms with E-state index in [1.165, 1.54) is 5.56 Å². The van der Waals surface area contributed by atoms with Gasteiger partial charge in [0.2, 0.25) is 0 Å². The lowest BCUT2D eigenvalue weighted by molar-refractivity contribution is 0.426. The number of hydrogen-bond donors (Lipinski definition) is 2. The third-order valence-electron chi connectivity index (χ3n) is 1.69. The van der Waals surface area contributed by atoms with Crippen molar-refractivity contribution < 1.29 is 9.59 Å². The fourth-order valence-corrected chi connectivity index (χ4v) is 1.46. The van der Waals surface area contributed by atoms with Crippen LogP contribution in [0, 0.1) is 0 Å². The molecule has 0 heterocycles. The van der Waals surface area contributed by atoms with Crippen molar-refractivity contribution in [2.45, 2.75) is 13.3 Å². The summed E-state index contributed by atoms with van der Waals surface area (Å²) in [6.07, 6.45) is 0.989. The minimum Gasteiger partial charge on any atom is -0.410 e. The van der Waals surface area contributed by atoms with E-state index in [1.54, 1.807) is 12.1 Å². The van der Waals surface area contributed by atoms with Crippen LogP contribution in [-0.2, 0) is 6.42 Å². The topological polar surface area (TPSA) is 40.5 Å². The average molecular weight is 168 g/mol. The summed E-state index contributed by atoms with van der Waals surface area (Å²) in [7, 11) is -2.56. The van der Waals surface area contributed by atoms with E-state index in [0.29, 0.717) is 5.19 Å². The number of aryl methyl sites for hydroxylation is 1. The van der Waals surface area contributed by atoms with Gasteiger partial charge in [-0.1, -0.05) is 31.2 Å². The Hall–Kier alpha value is -0.643. The summed E-state index contributed by atoms with van der Waals surface area (Å²) < 4.78 is 0. The molecule has 0 aliphatic carbocycles. The summed E-state index contributed by atoms with van der Waals surface area (Å²) in [5, 5.41) is 0.683. The molecule has 3 heteroatoms. The van der Waals surface area contributed by atoms with Gasteiger partial charge >= 0.3 is 9.28 Å². The molecule has 0 spiro atoms. The summed E-state index contributed by atoms with van der Waals surface area (Å²) >= 11 is 0. The zero-order valence-electron chi connectivity index (χ0n) is 6.49. The van der Waals surface area contributed by atoms with Crippen LogP contribution in [0.5, 0.6) is 0 Å². The number of rotatable bonds is 2. The largest absolute Gasteiger partial charge is 0.410 e. The Morgan fingerprint density at radius 2 is 1.73 bits per heavy atom. The van der Waals surface area contributed by atoms with Gasteiger partial charge in [-0.05, 0) is 17.2 Å². The maximum Gasteiger partial charge on any atom is 0.350 e. The second-order valence-electron chi connectivity index (χ2n) is 2.47. The van der Waals surface area contributed by atoms with Crippen molar-refractivity contribution in [3.8, 4) is 0 Å². The SMILES string of the molecule is CCc1ccc([SiH](O)O)cc1. The zero-order valence-corrected chi connectivity index (χ0v) is 7.64. The molecule has 2 nitrogen and oxygen atoms in total. The molecule has 2 N–H and O–H groups in total. The van der Waals surface area contributed by atoms with Crippen molar-refractivity contribution in [3.05, 3.63) is 29.8 Å². The summed E-state index contributed by atoms with van der Waals surface area (Å²) in [4.78, 5) is 17.8. The predicted molar refractivity (Wildman–Crippen MR) is 47.0 cm³/mol. The van der Waals surface area contributed by atoms with Crippen LogP contribution in [0.3, 0.4) is 0 Å². The third kappa shape index (κ3) is 2.15. The van der Waals surface area contributed by atoms with Gasteiger partial charge in [0.1, 0.15) is 0 Å². The van der Waals surface area contributed by atoms with Crippen molar-refractivity contribution in [3.63, 3.8) is 0 Å². The van der Waals surface area contributed by atoms with E-state index < -0.39 is 9.28 Å². The normalized spacial score (nSPS) is 10.5. The Morgan fingerprint density at radius 1 is 1.18 bits per heavy atom. The quantitative estimate of drug-likeness (QED) is 0.593. The Kier molecular flexibility index (Phi) is 2.81. The Bertz CT molecular complexity index is 218. The van der Waals surface area contributed by atoms with E-state index in [9.17, 15) is 0 Å². The van der Waals surface area contributed by atoms with Gasteiger partial charge in [-0.25, -0.2) is 0 Å². The Balaban J connectivity index is 2.83. The lowest BCUT2D eigenvalue weighted by Gasteiger charge is -2.01. The highest BCUT2D eigenvalue weighted by Crippen LogP contribution is 1.96. The zero-order chi connectivity index (χ0) is 8.27. The van der Waals surface area contributed by atoms with Crippen LogP contribution in [0.4, 0.5) is 0 Å². The minimum atomic E-state index is -2.56. The number of hydrogen-bond acceptors (Lipinski definition) is 2. The molecule has 0 bridgehead atoms. The molecule has 0 unspecified atom stereocenters. The molecule has 0 atom stereocenters. The van der Waals surface area contributed by atoms with Crippen molar-refractivity contribution in [2.24, 2.45) is 0 Å². The molecule has 0 amide bonds. The average Bonchev–Trinajstić information content (AvgIpc) is 2.05. The molecule has 0 aliphatic rings. The fourth-order valence-electron chi connectivity index (χ4n) is 0.925. The van der Waals surface area contributed by atoms with E-state index in [0.717, 1.165) is 6.42 Å². The maximum absolute atomic E-state index is 8.88. The van der Waals surface area contributed by atoms with E-state index in [4.69, 9.17) is 9.59 Å². The molecular weight excluding hydrogens is 156 g/mol. The van der Waals surface area contributed by atoms with Crippen molar-refractivity contribution in [1.82, 2.24) is 0 Å². The van der Waals surface area contributed by atoms with Crippen molar-refractivity contribution in [1.29, 1.82) is 0 Å². The van der Waals surface area contributed by atoms with Crippen LogP contribution in [0.2, 0.25) is 0 Å². The molecule has 1 aromatic rings. The molecule has 11 heavy (non-hydrogen) atoms. The van der Waals surface area contributed by atoms with E-state index >= 15 is 0 Å². The molecule has 0 aliphatic heterocycles. The van der Waals surface area contributed by atoms with Gasteiger partial charge in [-0.15, -0.1) is 0 Å². The first-order chi connectivity index (χ1) is 5.24. The second kappa shape index (κ2) is 3.66. The minimum absolute atomic E-state index is 0.683.